The number of hydrogen-bond acceptors (Lipinski definition) is 6. The van der Waals surface area contributed by atoms with E-state index in [1.807, 2.05) is 0 Å². The van der Waals surface area contributed by atoms with Gasteiger partial charge in [-0.2, -0.15) is 5.10 Å². The fraction of sp³-hybridized carbons (Fsp3) is 0.556. The minimum atomic E-state index is -0.0644. The predicted octanol–water partition coefficient (Wildman–Crippen LogP) is 0.770. The highest BCUT2D eigenvalue weighted by atomic mass is 16.1. The molecular formula is C18H24N6O. The second-order valence-corrected chi connectivity index (χ2v) is 7.15. The summed E-state index contributed by atoms with van der Waals surface area (Å²) in [5.41, 5.74) is 3.42. The Balaban J connectivity index is 1.38. The Morgan fingerprint density at radius 3 is 2.84 bits per heavy atom. The zero-order valence-corrected chi connectivity index (χ0v) is 14.9. The van der Waals surface area contributed by atoms with Crippen molar-refractivity contribution in [1.82, 2.24) is 24.6 Å². The molecule has 2 aromatic heterocycles. The molecule has 3 heterocycles. The molecule has 0 saturated carbocycles. The second-order valence-electron chi connectivity index (χ2n) is 7.15. The fourth-order valence-electron chi connectivity index (χ4n) is 3.59. The topological polar surface area (TPSA) is 67.2 Å². The Hall–Kier alpha value is -2.28. The van der Waals surface area contributed by atoms with Crippen LogP contribution in [-0.2, 0) is 26.4 Å². The number of fused-ring (bicyclic) bond motifs is 1. The van der Waals surface area contributed by atoms with Gasteiger partial charge in [0.25, 0.3) is 5.56 Å². The molecule has 0 spiro atoms. The quantitative estimate of drug-likeness (QED) is 0.819. The summed E-state index contributed by atoms with van der Waals surface area (Å²) in [5, 5.41) is 8.85. The van der Waals surface area contributed by atoms with Crippen LogP contribution >= 0.6 is 0 Å². The smallest absolute Gasteiger partial charge is 0.268 e. The lowest BCUT2D eigenvalue weighted by molar-refractivity contribution is 0.192. The van der Waals surface area contributed by atoms with Gasteiger partial charge in [-0.05, 0) is 44.4 Å². The van der Waals surface area contributed by atoms with Gasteiger partial charge in [0.2, 0.25) is 0 Å². The first-order valence-corrected chi connectivity index (χ1v) is 8.92. The summed E-state index contributed by atoms with van der Waals surface area (Å²) >= 11 is 0. The summed E-state index contributed by atoms with van der Waals surface area (Å²) in [7, 11) is 3.89. The highest BCUT2D eigenvalue weighted by molar-refractivity contribution is 5.45. The van der Waals surface area contributed by atoms with Crippen molar-refractivity contribution in [2.45, 2.75) is 38.3 Å². The Morgan fingerprint density at radius 2 is 2.00 bits per heavy atom. The standard InChI is InChI=1S/C18H24N6O/c1-22(10-14-8-19-9-18(25)23(14)2)15-11-24(12-15)17-7-13-5-3-4-6-16(13)20-21-17/h7-9,15H,3-6,10-12H2,1-2H3. The maximum Gasteiger partial charge on any atom is 0.268 e. The number of nitrogens with zero attached hydrogens (tertiary/aromatic N) is 6. The Kier molecular flexibility index (Phi) is 4.25. The molecular weight excluding hydrogens is 316 g/mol. The van der Waals surface area contributed by atoms with Crippen LogP contribution in [0.15, 0.2) is 23.3 Å². The van der Waals surface area contributed by atoms with Gasteiger partial charge in [-0.1, -0.05) is 0 Å². The molecule has 0 radical (unpaired) electrons. The lowest BCUT2D eigenvalue weighted by atomic mass is 9.96. The van der Waals surface area contributed by atoms with Crippen molar-refractivity contribution in [2.24, 2.45) is 7.05 Å². The van der Waals surface area contributed by atoms with Gasteiger partial charge in [-0.15, -0.1) is 5.10 Å². The van der Waals surface area contributed by atoms with E-state index in [-0.39, 0.29) is 5.56 Å². The molecule has 0 N–H and O–H groups in total. The summed E-state index contributed by atoms with van der Waals surface area (Å²) in [4.78, 5) is 20.3. The maximum absolute atomic E-state index is 11.7. The molecule has 25 heavy (non-hydrogen) atoms. The van der Waals surface area contributed by atoms with Crippen molar-refractivity contribution in [1.29, 1.82) is 0 Å². The van der Waals surface area contributed by atoms with Gasteiger partial charge in [-0.25, -0.2) is 0 Å². The van der Waals surface area contributed by atoms with Crippen molar-refractivity contribution in [3.8, 4) is 0 Å². The molecule has 1 aliphatic heterocycles. The van der Waals surface area contributed by atoms with Crippen LogP contribution in [0.5, 0.6) is 0 Å². The van der Waals surface area contributed by atoms with Crippen molar-refractivity contribution in [2.75, 3.05) is 25.0 Å². The number of rotatable bonds is 4. The number of hydrogen-bond donors (Lipinski definition) is 0. The first-order chi connectivity index (χ1) is 12.1. The minimum Gasteiger partial charge on any atom is -0.352 e. The van der Waals surface area contributed by atoms with Crippen LogP contribution < -0.4 is 10.5 Å². The molecule has 0 aromatic carbocycles. The van der Waals surface area contributed by atoms with E-state index < -0.39 is 0 Å². The summed E-state index contributed by atoms with van der Waals surface area (Å²) in [6.07, 6.45) is 7.80. The fourth-order valence-corrected chi connectivity index (χ4v) is 3.59. The van der Waals surface area contributed by atoms with Crippen molar-refractivity contribution < 1.29 is 0 Å². The van der Waals surface area contributed by atoms with Gasteiger partial charge < -0.3 is 9.47 Å². The lowest BCUT2D eigenvalue weighted by Crippen LogP contribution is -2.58. The highest BCUT2D eigenvalue weighted by Gasteiger charge is 2.32. The Bertz CT molecular complexity index is 827. The molecule has 1 aliphatic carbocycles. The van der Waals surface area contributed by atoms with E-state index in [1.54, 1.807) is 17.8 Å². The van der Waals surface area contributed by atoms with Gasteiger partial charge >= 0.3 is 0 Å². The average molecular weight is 340 g/mol. The monoisotopic (exact) mass is 340 g/mol. The van der Waals surface area contributed by atoms with Crippen LogP contribution in [0.1, 0.15) is 29.8 Å². The predicted molar refractivity (Wildman–Crippen MR) is 95.6 cm³/mol. The molecule has 132 valence electrons. The van der Waals surface area contributed by atoms with E-state index in [0.717, 1.165) is 37.4 Å². The Morgan fingerprint density at radius 1 is 1.20 bits per heavy atom. The van der Waals surface area contributed by atoms with E-state index >= 15 is 0 Å². The van der Waals surface area contributed by atoms with Crippen LogP contribution in [0.2, 0.25) is 0 Å². The zero-order valence-electron chi connectivity index (χ0n) is 14.9. The van der Waals surface area contributed by atoms with Gasteiger partial charge in [0.1, 0.15) is 0 Å². The van der Waals surface area contributed by atoms with Gasteiger partial charge in [0, 0.05) is 38.9 Å². The van der Waals surface area contributed by atoms with Crippen molar-refractivity contribution >= 4 is 5.82 Å². The van der Waals surface area contributed by atoms with E-state index in [0.29, 0.717) is 12.6 Å². The molecule has 1 saturated heterocycles. The van der Waals surface area contributed by atoms with Crippen LogP contribution in [-0.4, -0.2) is 50.8 Å². The van der Waals surface area contributed by atoms with E-state index in [9.17, 15) is 4.79 Å². The zero-order chi connectivity index (χ0) is 17.4. The molecule has 0 unspecified atom stereocenters. The largest absolute Gasteiger partial charge is 0.352 e. The minimum absolute atomic E-state index is 0.0644. The first-order valence-electron chi connectivity index (χ1n) is 8.92. The molecule has 7 nitrogen and oxygen atoms in total. The van der Waals surface area contributed by atoms with Crippen molar-refractivity contribution in [3.05, 3.63) is 45.8 Å². The number of aryl methyl sites for hydroxylation is 2. The second kappa shape index (κ2) is 6.55. The van der Waals surface area contributed by atoms with Crippen molar-refractivity contribution in [3.63, 3.8) is 0 Å². The van der Waals surface area contributed by atoms with Gasteiger partial charge in [0.05, 0.1) is 17.6 Å². The lowest BCUT2D eigenvalue weighted by Gasteiger charge is -2.44. The third-order valence-corrected chi connectivity index (χ3v) is 5.45. The number of likely N-dealkylation sites (N-methyl/N-ethyl adjacent to an activating group) is 1. The molecule has 4 rings (SSSR count). The van der Waals surface area contributed by atoms with Crippen LogP contribution in [0.3, 0.4) is 0 Å². The molecule has 0 bridgehead atoms. The first kappa shape index (κ1) is 16.2. The normalized spacial score (nSPS) is 17.5. The molecule has 7 heteroatoms. The van der Waals surface area contributed by atoms with E-state index in [4.69, 9.17) is 0 Å². The van der Waals surface area contributed by atoms with Crippen LogP contribution in [0.25, 0.3) is 0 Å². The summed E-state index contributed by atoms with van der Waals surface area (Å²) in [5.74, 6) is 0.999. The molecule has 2 aromatic rings. The molecule has 0 atom stereocenters. The maximum atomic E-state index is 11.7. The number of aromatic nitrogens is 4. The molecule has 0 amide bonds. The van der Waals surface area contributed by atoms with Gasteiger partial charge in [0.15, 0.2) is 5.82 Å². The summed E-state index contributed by atoms with van der Waals surface area (Å²) in [6, 6.07) is 2.68. The SMILES string of the molecule is CN(Cc1cncc(=O)n1C)C1CN(c2cc3c(nn2)CCCC3)C1. The average Bonchev–Trinajstić information content (AvgIpc) is 2.57. The Labute approximate surface area is 147 Å². The van der Waals surface area contributed by atoms with E-state index in [2.05, 4.69) is 38.1 Å². The molecule has 2 aliphatic rings. The summed E-state index contributed by atoms with van der Waals surface area (Å²) in [6.45, 7) is 2.60. The number of anilines is 1. The third-order valence-electron chi connectivity index (χ3n) is 5.45. The summed E-state index contributed by atoms with van der Waals surface area (Å²) < 4.78 is 1.66. The molecule has 1 fully saturated rings. The highest BCUT2D eigenvalue weighted by Crippen LogP contribution is 2.26. The van der Waals surface area contributed by atoms with Crippen LogP contribution in [0, 0.1) is 0 Å². The van der Waals surface area contributed by atoms with E-state index in [1.165, 1.54) is 30.3 Å². The van der Waals surface area contributed by atoms with Crippen LogP contribution in [0.4, 0.5) is 5.82 Å². The van der Waals surface area contributed by atoms with Gasteiger partial charge in [-0.3, -0.25) is 14.7 Å². The third kappa shape index (κ3) is 3.16.